The van der Waals surface area contributed by atoms with Crippen molar-refractivity contribution in [2.75, 3.05) is 0 Å². The summed E-state index contributed by atoms with van der Waals surface area (Å²) in [6.45, 7) is 2.05. The summed E-state index contributed by atoms with van der Waals surface area (Å²) in [6.07, 6.45) is 1.25. The summed E-state index contributed by atoms with van der Waals surface area (Å²) in [4.78, 5) is 12.0. The Kier molecular flexibility index (Phi) is 4.16. The van der Waals surface area contributed by atoms with Crippen LogP contribution in [0.3, 0.4) is 0 Å². The Labute approximate surface area is 112 Å². The van der Waals surface area contributed by atoms with E-state index in [-0.39, 0.29) is 5.78 Å². The quantitative estimate of drug-likeness (QED) is 0.740. The number of hydrogen-bond acceptors (Lipinski definition) is 1. The minimum atomic E-state index is 0.0992. The van der Waals surface area contributed by atoms with E-state index in [1.54, 1.807) is 12.1 Å². The summed E-state index contributed by atoms with van der Waals surface area (Å²) < 4.78 is 0. The fourth-order valence-corrected chi connectivity index (χ4v) is 2.19. The van der Waals surface area contributed by atoms with Crippen molar-refractivity contribution < 1.29 is 4.79 Å². The highest BCUT2D eigenvalue weighted by Gasteiger charge is 2.09. The molecule has 2 heteroatoms. The average Bonchev–Trinajstić information content (AvgIpc) is 2.37. The van der Waals surface area contributed by atoms with Crippen LogP contribution in [0.2, 0.25) is 5.02 Å². The number of hydrogen-bond donors (Lipinski definition) is 0. The molecular formula is C16H15ClO. The molecule has 0 spiro atoms. The third-order valence-corrected chi connectivity index (χ3v) is 3.23. The predicted octanol–water partition coefficient (Wildman–Crippen LogP) is 4.46. The summed E-state index contributed by atoms with van der Waals surface area (Å²) in [6, 6.07) is 15.4. The van der Waals surface area contributed by atoms with Crippen molar-refractivity contribution >= 4 is 17.4 Å². The topological polar surface area (TPSA) is 17.1 Å². The van der Waals surface area contributed by atoms with Gasteiger partial charge in [-0.1, -0.05) is 53.6 Å². The van der Waals surface area contributed by atoms with Crippen molar-refractivity contribution in [1.29, 1.82) is 0 Å². The molecule has 0 radical (unpaired) electrons. The van der Waals surface area contributed by atoms with Gasteiger partial charge < -0.3 is 0 Å². The number of Topliss-reactive ketones (excluding diaryl/α,β-unsaturated/α-hetero) is 1. The van der Waals surface area contributed by atoms with Crippen LogP contribution in [-0.2, 0) is 6.42 Å². The number of carbonyl (C=O) groups excluding carboxylic acids is 1. The van der Waals surface area contributed by atoms with Gasteiger partial charge in [0.1, 0.15) is 0 Å². The third kappa shape index (κ3) is 3.21. The maximum Gasteiger partial charge on any atom is 0.164 e. The lowest BCUT2D eigenvalue weighted by Crippen LogP contribution is -2.02. The van der Waals surface area contributed by atoms with Gasteiger partial charge in [0.15, 0.2) is 5.78 Å². The first-order chi connectivity index (χ1) is 8.66. The number of ketones is 1. The molecule has 18 heavy (non-hydrogen) atoms. The van der Waals surface area contributed by atoms with Gasteiger partial charge in [0.2, 0.25) is 0 Å². The first kappa shape index (κ1) is 12.8. The summed E-state index contributed by atoms with van der Waals surface area (Å²) >= 11 is 6.01. The molecule has 92 valence electrons. The highest BCUT2D eigenvalue weighted by Crippen LogP contribution is 2.18. The van der Waals surface area contributed by atoms with Crippen molar-refractivity contribution in [2.24, 2.45) is 0 Å². The average molecular weight is 259 g/mol. The van der Waals surface area contributed by atoms with Gasteiger partial charge in [-0.05, 0) is 31.0 Å². The van der Waals surface area contributed by atoms with E-state index >= 15 is 0 Å². The maximum absolute atomic E-state index is 12.0. The lowest BCUT2D eigenvalue weighted by molar-refractivity contribution is 0.0983. The highest BCUT2D eigenvalue weighted by atomic mass is 35.5. The van der Waals surface area contributed by atoms with Crippen LogP contribution >= 0.6 is 11.6 Å². The third-order valence-electron chi connectivity index (χ3n) is 2.90. The van der Waals surface area contributed by atoms with Crippen molar-refractivity contribution in [3.05, 3.63) is 70.2 Å². The van der Waals surface area contributed by atoms with Gasteiger partial charge in [-0.25, -0.2) is 0 Å². The van der Waals surface area contributed by atoms with Gasteiger partial charge in [-0.3, -0.25) is 4.79 Å². The maximum atomic E-state index is 12.0. The van der Waals surface area contributed by atoms with Gasteiger partial charge in [-0.2, -0.15) is 0 Å². The van der Waals surface area contributed by atoms with E-state index in [4.69, 9.17) is 11.6 Å². The van der Waals surface area contributed by atoms with E-state index in [9.17, 15) is 4.79 Å². The molecule has 0 atom stereocenters. The van der Waals surface area contributed by atoms with Crippen LogP contribution in [0.15, 0.2) is 48.5 Å². The van der Waals surface area contributed by atoms with Gasteiger partial charge in [-0.15, -0.1) is 0 Å². The van der Waals surface area contributed by atoms with Crippen LogP contribution in [0.5, 0.6) is 0 Å². The molecule has 0 N–H and O–H groups in total. The Morgan fingerprint density at radius 2 is 1.89 bits per heavy atom. The first-order valence-electron chi connectivity index (χ1n) is 6.00. The van der Waals surface area contributed by atoms with Crippen LogP contribution in [-0.4, -0.2) is 5.78 Å². The molecule has 2 aromatic rings. The van der Waals surface area contributed by atoms with E-state index in [0.717, 1.165) is 6.42 Å². The van der Waals surface area contributed by atoms with E-state index in [2.05, 4.69) is 19.1 Å². The van der Waals surface area contributed by atoms with Gasteiger partial charge in [0, 0.05) is 12.0 Å². The second-order valence-electron chi connectivity index (χ2n) is 4.39. The highest BCUT2D eigenvalue weighted by molar-refractivity contribution is 6.33. The SMILES string of the molecule is Cc1cccc(CCC(=O)c2ccccc2Cl)c1. The summed E-state index contributed by atoms with van der Waals surface area (Å²) in [5.41, 5.74) is 3.03. The summed E-state index contributed by atoms with van der Waals surface area (Å²) in [5.74, 6) is 0.0992. The van der Waals surface area contributed by atoms with Crippen molar-refractivity contribution in [1.82, 2.24) is 0 Å². The first-order valence-corrected chi connectivity index (χ1v) is 6.38. The molecule has 0 bridgehead atoms. The molecule has 0 saturated carbocycles. The molecule has 0 heterocycles. The van der Waals surface area contributed by atoms with E-state index in [1.807, 2.05) is 24.3 Å². The van der Waals surface area contributed by atoms with Crippen molar-refractivity contribution in [2.45, 2.75) is 19.8 Å². The number of rotatable bonds is 4. The molecule has 2 aromatic carbocycles. The largest absolute Gasteiger partial charge is 0.294 e. The normalized spacial score (nSPS) is 10.3. The predicted molar refractivity (Wildman–Crippen MR) is 75.3 cm³/mol. The second kappa shape index (κ2) is 5.83. The Balaban J connectivity index is 2.03. The Morgan fingerprint density at radius 1 is 1.11 bits per heavy atom. The zero-order valence-corrected chi connectivity index (χ0v) is 11.1. The zero-order valence-electron chi connectivity index (χ0n) is 10.3. The molecule has 0 aromatic heterocycles. The fourth-order valence-electron chi connectivity index (χ4n) is 1.95. The lowest BCUT2D eigenvalue weighted by atomic mass is 10.0. The Bertz CT molecular complexity index is 561. The van der Waals surface area contributed by atoms with Crippen LogP contribution in [0.1, 0.15) is 27.9 Å². The molecule has 0 saturated heterocycles. The van der Waals surface area contributed by atoms with Crippen LogP contribution < -0.4 is 0 Å². The van der Waals surface area contributed by atoms with E-state index in [0.29, 0.717) is 17.0 Å². The van der Waals surface area contributed by atoms with Crippen molar-refractivity contribution in [3.63, 3.8) is 0 Å². The molecular weight excluding hydrogens is 244 g/mol. The number of halogens is 1. The summed E-state index contributed by atoms with van der Waals surface area (Å²) in [7, 11) is 0. The number of carbonyl (C=O) groups is 1. The van der Waals surface area contributed by atoms with E-state index < -0.39 is 0 Å². The molecule has 2 rings (SSSR count). The molecule has 0 unspecified atom stereocenters. The van der Waals surface area contributed by atoms with Gasteiger partial charge in [0.25, 0.3) is 0 Å². The second-order valence-corrected chi connectivity index (χ2v) is 4.80. The summed E-state index contributed by atoms with van der Waals surface area (Å²) in [5, 5.41) is 0.534. The van der Waals surface area contributed by atoms with Crippen molar-refractivity contribution in [3.8, 4) is 0 Å². The van der Waals surface area contributed by atoms with Crippen LogP contribution in [0, 0.1) is 6.92 Å². The van der Waals surface area contributed by atoms with Crippen LogP contribution in [0.25, 0.3) is 0 Å². The molecule has 0 aliphatic rings. The molecule has 0 aliphatic heterocycles. The monoisotopic (exact) mass is 258 g/mol. The zero-order chi connectivity index (χ0) is 13.0. The minimum Gasteiger partial charge on any atom is -0.294 e. The van der Waals surface area contributed by atoms with Gasteiger partial charge in [0.05, 0.1) is 5.02 Å². The smallest absolute Gasteiger partial charge is 0.164 e. The number of benzene rings is 2. The van der Waals surface area contributed by atoms with E-state index in [1.165, 1.54) is 11.1 Å². The molecule has 0 amide bonds. The molecule has 0 fully saturated rings. The van der Waals surface area contributed by atoms with Crippen LogP contribution in [0.4, 0.5) is 0 Å². The van der Waals surface area contributed by atoms with Gasteiger partial charge >= 0.3 is 0 Å². The lowest BCUT2D eigenvalue weighted by Gasteiger charge is -2.04. The Hall–Kier alpha value is -1.60. The number of aryl methyl sites for hydroxylation is 2. The molecule has 1 nitrogen and oxygen atoms in total. The molecule has 0 aliphatic carbocycles. The fraction of sp³-hybridized carbons (Fsp3) is 0.188. The minimum absolute atomic E-state index is 0.0992. The standard InChI is InChI=1S/C16H15ClO/c1-12-5-4-6-13(11-12)9-10-16(18)14-7-2-3-8-15(14)17/h2-8,11H,9-10H2,1H3. The Morgan fingerprint density at radius 3 is 2.61 bits per heavy atom.